The van der Waals surface area contributed by atoms with Crippen LogP contribution in [-0.2, 0) is 4.79 Å². The maximum atomic E-state index is 11.9. The third-order valence-corrected chi connectivity index (χ3v) is 6.15. The summed E-state index contributed by atoms with van der Waals surface area (Å²) in [7, 11) is 0. The van der Waals surface area contributed by atoms with Gasteiger partial charge in [0.25, 0.3) is 0 Å². The van der Waals surface area contributed by atoms with E-state index in [9.17, 15) is 4.79 Å². The Morgan fingerprint density at radius 3 is 2.96 bits per heavy atom. The van der Waals surface area contributed by atoms with Crippen LogP contribution in [0.25, 0.3) is 11.0 Å². The summed E-state index contributed by atoms with van der Waals surface area (Å²) in [5.41, 5.74) is 1.07. The van der Waals surface area contributed by atoms with Gasteiger partial charge in [-0.2, -0.15) is 0 Å². The summed E-state index contributed by atoms with van der Waals surface area (Å²) < 4.78 is 0. The van der Waals surface area contributed by atoms with Crippen LogP contribution >= 0.6 is 0 Å². The minimum atomic E-state index is 0.176. The lowest BCUT2D eigenvalue weighted by Crippen LogP contribution is -2.58. The highest BCUT2D eigenvalue weighted by Crippen LogP contribution is 2.45. The number of rotatable bonds is 2. The van der Waals surface area contributed by atoms with E-state index in [4.69, 9.17) is 0 Å². The second-order valence-corrected chi connectivity index (χ2v) is 7.29. The molecule has 1 N–H and O–H groups in total. The number of nitrogens with zero attached hydrogens (tertiary/aromatic N) is 4. The standard InChI is InChI=1S/C18H25N5O/c1-3-18-10-22(13(2)24)8-5-14(18)6-9-23(11-18)17-15-4-7-19-16(15)20-12-21-17/h4,7,12,14H,3,5-6,8-11H2,1-2H3,(H,19,20,21). The molecule has 0 spiro atoms. The first-order valence-electron chi connectivity index (χ1n) is 8.91. The first-order chi connectivity index (χ1) is 11.6. The van der Waals surface area contributed by atoms with Crippen LogP contribution in [0, 0.1) is 11.3 Å². The van der Waals surface area contributed by atoms with E-state index >= 15 is 0 Å². The molecule has 2 aromatic heterocycles. The Bertz CT molecular complexity index is 757. The lowest BCUT2D eigenvalue weighted by molar-refractivity contribution is -0.134. The predicted molar refractivity (Wildman–Crippen MR) is 93.8 cm³/mol. The van der Waals surface area contributed by atoms with Gasteiger partial charge in [0.15, 0.2) is 0 Å². The number of likely N-dealkylation sites (tertiary alicyclic amines) is 1. The lowest BCUT2D eigenvalue weighted by Gasteiger charge is -2.53. The molecule has 128 valence electrons. The van der Waals surface area contributed by atoms with Crippen LogP contribution in [-0.4, -0.2) is 51.9 Å². The monoisotopic (exact) mass is 327 g/mol. The van der Waals surface area contributed by atoms with Gasteiger partial charge in [-0.3, -0.25) is 4.79 Å². The molecule has 6 nitrogen and oxygen atoms in total. The molecule has 6 heteroatoms. The molecule has 24 heavy (non-hydrogen) atoms. The fourth-order valence-corrected chi connectivity index (χ4v) is 4.68. The first kappa shape index (κ1) is 15.4. The molecule has 0 aromatic carbocycles. The van der Waals surface area contributed by atoms with E-state index in [1.807, 2.05) is 11.1 Å². The van der Waals surface area contributed by atoms with Gasteiger partial charge >= 0.3 is 0 Å². The van der Waals surface area contributed by atoms with Gasteiger partial charge in [-0.05, 0) is 31.2 Å². The fraction of sp³-hybridized carbons (Fsp3) is 0.611. The number of piperidine rings is 2. The molecule has 0 bridgehead atoms. The van der Waals surface area contributed by atoms with Crippen LogP contribution in [0.3, 0.4) is 0 Å². The minimum Gasteiger partial charge on any atom is -0.355 e. The topological polar surface area (TPSA) is 65.1 Å². The Labute approximate surface area is 142 Å². The summed E-state index contributed by atoms with van der Waals surface area (Å²) in [6.07, 6.45) is 6.96. The maximum Gasteiger partial charge on any atom is 0.219 e. The second-order valence-electron chi connectivity index (χ2n) is 7.29. The number of aromatic amines is 1. The number of amides is 1. The highest BCUT2D eigenvalue weighted by molar-refractivity contribution is 5.87. The Morgan fingerprint density at radius 1 is 1.33 bits per heavy atom. The van der Waals surface area contributed by atoms with Gasteiger partial charge in [0.05, 0.1) is 5.39 Å². The van der Waals surface area contributed by atoms with E-state index in [1.165, 1.54) is 6.42 Å². The second kappa shape index (κ2) is 5.76. The van der Waals surface area contributed by atoms with Gasteiger partial charge in [0.1, 0.15) is 17.8 Å². The van der Waals surface area contributed by atoms with Crippen molar-refractivity contribution in [3.8, 4) is 0 Å². The van der Waals surface area contributed by atoms with Gasteiger partial charge < -0.3 is 14.8 Å². The SMILES string of the molecule is CCC12CN(C(C)=O)CCC1CCN(c1ncnc3[nH]ccc13)C2. The van der Waals surface area contributed by atoms with Crippen LogP contribution in [0.4, 0.5) is 5.82 Å². The zero-order valence-corrected chi connectivity index (χ0v) is 14.5. The maximum absolute atomic E-state index is 11.9. The van der Waals surface area contributed by atoms with Gasteiger partial charge in [0.2, 0.25) is 5.91 Å². The van der Waals surface area contributed by atoms with Crippen molar-refractivity contribution in [1.29, 1.82) is 0 Å². The Kier molecular flexibility index (Phi) is 3.70. The molecule has 2 fully saturated rings. The Morgan fingerprint density at radius 2 is 2.17 bits per heavy atom. The normalized spacial score (nSPS) is 27.3. The van der Waals surface area contributed by atoms with Crippen molar-refractivity contribution < 1.29 is 4.79 Å². The zero-order valence-electron chi connectivity index (χ0n) is 14.5. The van der Waals surface area contributed by atoms with Crippen molar-refractivity contribution >= 4 is 22.8 Å². The lowest BCUT2D eigenvalue weighted by atomic mass is 9.65. The van der Waals surface area contributed by atoms with Gasteiger partial charge in [-0.25, -0.2) is 9.97 Å². The number of hydrogen-bond acceptors (Lipinski definition) is 4. The molecule has 2 aliphatic heterocycles. The summed E-state index contributed by atoms with van der Waals surface area (Å²) in [5, 5.41) is 1.08. The highest BCUT2D eigenvalue weighted by atomic mass is 16.2. The molecule has 1 amide bonds. The Hall–Kier alpha value is -2.11. The average Bonchev–Trinajstić information content (AvgIpc) is 3.09. The van der Waals surface area contributed by atoms with Crippen LogP contribution in [0.2, 0.25) is 0 Å². The van der Waals surface area contributed by atoms with Crippen molar-refractivity contribution in [3.63, 3.8) is 0 Å². The quantitative estimate of drug-likeness (QED) is 0.920. The van der Waals surface area contributed by atoms with Crippen molar-refractivity contribution in [2.24, 2.45) is 11.3 Å². The molecule has 2 unspecified atom stereocenters. The first-order valence-corrected chi connectivity index (χ1v) is 8.91. The van der Waals surface area contributed by atoms with Gasteiger partial charge in [0, 0.05) is 44.7 Å². The molecule has 4 heterocycles. The molecular weight excluding hydrogens is 302 g/mol. The third kappa shape index (κ3) is 2.36. The highest BCUT2D eigenvalue weighted by Gasteiger charge is 2.46. The van der Waals surface area contributed by atoms with Gasteiger partial charge in [-0.1, -0.05) is 6.92 Å². The van der Waals surface area contributed by atoms with E-state index in [0.29, 0.717) is 5.92 Å². The number of aromatic nitrogens is 3. The number of carbonyl (C=O) groups is 1. The zero-order chi connectivity index (χ0) is 16.7. The van der Waals surface area contributed by atoms with Crippen molar-refractivity contribution in [3.05, 3.63) is 18.6 Å². The molecule has 0 saturated carbocycles. The minimum absolute atomic E-state index is 0.176. The number of hydrogen-bond donors (Lipinski definition) is 1. The summed E-state index contributed by atoms with van der Waals surface area (Å²) in [5.74, 6) is 1.93. The average molecular weight is 327 g/mol. The molecule has 2 aliphatic rings. The fourth-order valence-electron chi connectivity index (χ4n) is 4.68. The van der Waals surface area contributed by atoms with Crippen molar-refractivity contribution in [2.45, 2.75) is 33.1 Å². The van der Waals surface area contributed by atoms with Crippen LogP contribution in [0.15, 0.2) is 18.6 Å². The molecular formula is C18H25N5O. The van der Waals surface area contributed by atoms with E-state index < -0.39 is 0 Å². The summed E-state index contributed by atoms with van der Waals surface area (Å²) in [6, 6.07) is 2.05. The Balaban J connectivity index is 1.66. The largest absolute Gasteiger partial charge is 0.355 e. The third-order valence-electron chi connectivity index (χ3n) is 6.15. The molecule has 4 rings (SSSR count). The molecule has 2 aromatic rings. The van der Waals surface area contributed by atoms with E-state index in [0.717, 1.165) is 55.9 Å². The number of anilines is 1. The van der Waals surface area contributed by atoms with Crippen molar-refractivity contribution in [1.82, 2.24) is 19.9 Å². The van der Waals surface area contributed by atoms with Crippen molar-refractivity contribution in [2.75, 3.05) is 31.1 Å². The van der Waals surface area contributed by atoms with Crippen LogP contribution < -0.4 is 4.90 Å². The molecule has 0 radical (unpaired) electrons. The predicted octanol–water partition coefficient (Wildman–Crippen LogP) is 2.43. The van der Waals surface area contributed by atoms with Crippen LogP contribution in [0.5, 0.6) is 0 Å². The molecule has 2 saturated heterocycles. The van der Waals surface area contributed by atoms with E-state index in [1.54, 1.807) is 13.3 Å². The number of H-pyrrole nitrogens is 1. The smallest absolute Gasteiger partial charge is 0.219 e. The summed E-state index contributed by atoms with van der Waals surface area (Å²) in [4.78, 5) is 28.4. The number of fused-ring (bicyclic) bond motifs is 2. The number of carbonyl (C=O) groups excluding carboxylic acids is 1. The summed E-state index contributed by atoms with van der Waals surface area (Å²) in [6.45, 7) is 7.75. The van der Waals surface area contributed by atoms with Gasteiger partial charge in [-0.15, -0.1) is 0 Å². The summed E-state index contributed by atoms with van der Waals surface area (Å²) >= 11 is 0. The molecule has 2 atom stereocenters. The van der Waals surface area contributed by atoms with E-state index in [2.05, 4.69) is 32.8 Å². The van der Waals surface area contributed by atoms with Crippen LogP contribution in [0.1, 0.15) is 33.1 Å². The number of nitrogens with one attached hydrogen (secondary N) is 1. The molecule has 0 aliphatic carbocycles. The van der Waals surface area contributed by atoms with E-state index in [-0.39, 0.29) is 11.3 Å².